The van der Waals surface area contributed by atoms with Crippen LogP contribution in [-0.2, 0) is 0 Å². The van der Waals surface area contributed by atoms with Gasteiger partial charge in [-0.3, -0.25) is 4.79 Å². The summed E-state index contributed by atoms with van der Waals surface area (Å²) in [5.41, 5.74) is -0.00470. The Morgan fingerprint density at radius 2 is 2.21 bits per heavy atom. The van der Waals surface area contributed by atoms with E-state index in [1.54, 1.807) is 0 Å². The molecule has 0 aliphatic heterocycles. The number of ketones is 1. The second-order valence-electron chi connectivity index (χ2n) is 3.76. The van der Waals surface area contributed by atoms with Crippen LogP contribution in [0.25, 0.3) is 5.78 Å². The zero-order valence-corrected chi connectivity index (χ0v) is 9.36. The second-order valence-corrected chi connectivity index (χ2v) is 3.76. The van der Waals surface area contributed by atoms with E-state index in [4.69, 9.17) is 0 Å². The number of aromatic hydroxyl groups is 1. The SMILES string of the molecule is O=C(c1cnc2nnnn2c1)c1cc(F)ccc1O. The molecule has 0 atom stereocenters. The summed E-state index contributed by atoms with van der Waals surface area (Å²) in [6.07, 6.45) is 2.62. The lowest BCUT2D eigenvalue weighted by atomic mass is 10.1. The molecule has 0 aliphatic carbocycles. The molecule has 94 valence electrons. The highest BCUT2D eigenvalue weighted by Crippen LogP contribution is 2.21. The van der Waals surface area contributed by atoms with Gasteiger partial charge in [0, 0.05) is 12.4 Å². The fourth-order valence-electron chi connectivity index (χ4n) is 1.61. The van der Waals surface area contributed by atoms with E-state index in [0.717, 1.165) is 18.2 Å². The van der Waals surface area contributed by atoms with Crippen LogP contribution >= 0.6 is 0 Å². The van der Waals surface area contributed by atoms with Crippen molar-refractivity contribution in [1.82, 2.24) is 25.0 Å². The Morgan fingerprint density at radius 1 is 1.37 bits per heavy atom. The fraction of sp³-hybridized carbons (Fsp3) is 0. The van der Waals surface area contributed by atoms with Crippen LogP contribution in [0, 0.1) is 5.82 Å². The Labute approximate surface area is 105 Å². The van der Waals surface area contributed by atoms with Crippen molar-refractivity contribution in [3.8, 4) is 5.75 Å². The first kappa shape index (κ1) is 11.2. The molecule has 3 aromatic rings. The number of halogens is 1. The third-order valence-electron chi connectivity index (χ3n) is 2.52. The van der Waals surface area contributed by atoms with E-state index in [0.29, 0.717) is 0 Å². The number of carbonyl (C=O) groups is 1. The van der Waals surface area contributed by atoms with Crippen LogP contribution in [0.2, 0.25) is 0 Å². The molecule has 3 rings (SSSR count). The lowest BCUT2D eigenvalue weighted by molar-refractivity contribution is 0.103. The molecule has 0 fully saturated rings. The van der Waals surface area contributed by atoms with Crippen molar-refractivity contribution in [1.29, 1.82) is 0 Å². The summed E-state index contributed by atoms with van der Waals surface area (Å²) in [5.74, 6) is -1.25. The quantitative estimate of drug-likeness (QED) is 0.677. The molecule has 0 aliphatic rings. The summed E-state index contributed by atoms with van der Waals surface area (Å²) in [4.78, 5) is 16.0. The molecule has 1 aromatic carbocycles. The predicted octanol–water partition coefficient (Wildman–Crippen LogP) is 0.595. The smallest absolute Gasteiger partial charge is 0.273 e. The van der Waals surface area contributed by atoms with E-state index in [9.17, 15) is 14.3 Å². The molecule has 8 heteroatoms. The van der Waals surface area contributed by atoms with Crippen LogP contribution < -0.4 is 0 Å². The maximum Gasteiger partial charge on any atom is 0.273 e. The van der Waals surface area contributed by atoms with Gasteiger partial charge in [0.2, 0.25) is 0 Å². The first-order valence-electron chi connectivity index (χ1n) is 5.22. The topological polar surface area (TPSA) is 93.3 Å². The minimum absolute atomic E-state index is 0.140. The first-order chi connectivity index (χ1) is 9.15. The minimum atomic E-state index is -0.613. The number of rotatable bonds is 2. The molecule has 2 aromatic heterocycles. The highest BCUT2D eigenvalue weighted by molar-refractivity contribution is 6.10. The van der Waals surface area contributed by atoms with Crippen LogP contribution in [0.5, 0.6) is 5.75 Å². The number of benzene rings is 1. The lowest BCUT2D eigenvalue weighted by Crippen LogP contribution is -2.05. The zero-order valence-electron chi connectivity index (χ0n) is 9.36. The maximum absolute atomic E-state index is 13.1. The average molecular weight is 259 g/mol. The molecule has 0 unspecified atom stereocenters. The summed E-state index contributed by atoms with van der Waals surface area (Å²) in [5, 5.41) is 20.2. The van der Waals surface area contributed by atoms with Gasteiger partial charge >= 0.3 is 0 Å². The Hall–Kier alpha value is -2.90. The molecule has 1 N–H and O–H groups in total. The van der Waals surface area contributed by atoms with Gasteiger partial charge in [0.15, 0.2) is 5.78 Å². The molecule has 0 saturated heterocycles. The highest BCUT2D eigenvalue weighted by Gasteiger charge is 2.16. The Balaban J connectivity index is 2.09. The third kappa shape index (κ3) is 1.88. The van der Waals surface area contributed by atoms with Crippen molar-refractivity contribution in [3.63, 3.8) is 0 Å². The van der Waals surface area contributed by atoms with E-state index >= 15 is 0 Å². The molecule has 19 heavy (non-hydrogen) atoms. The summed E-state index contributed by atoms with van der Waals surface area (Å²) in [6.45, 7) is 0. The van der Waals surface area contributed by atoms with Crippen LogP contribution in [0.3, 0.4) is 0 Å². The molecule has 0 amide bonds. The number of phenolic OH excluding ortho intramolecular Hbond substituents is 1. The van der Waals surface area contributed by atoms with Gasteiger partial charge in [0.05, 0.1) is 11.1 Å². The van der Waals surface area contributed by atoms with E-state index < -0.39 is 11.6 Å². The van der Waals surface area contributed by atoms with E-state index in [2.05, 4.69) is 20.5 Å². The van der Waals surface area contributed by atoms with Crippen LogP contribution in [0.15, 0.2) is 30.6 Å². The molecule has 2 heterocycles. The van der Waals surface area contributed by atoms with E-state index in [1.807, 2.05) is 0 Å². The number of tetrazole rings is 1. The molecule has 0 bridgehead atoms. The summed E-state index contributed by atoms with van der Waals surface area (Å²) < 4.78 is 14.3. The summed E-state index contributed by atoms with van der Waals surface area (Å²) in [6, 6.07) is 3.14. The maximum atomic E-state index is 13.1. The van der Waals surface area contributed by atoms with Crippen LogP contribution in [-0.4, -0.2) is 35.9 Å². The standard InChI is InChI=1S/C11H6FN5O2/c12-7-1-2-9(18)8(3-7)10(19)6-4-13-11-14-15-16-17(11)5-6/h1-5,18H. The van der Waals surface area contributed by atoms with Crippen molar-refractivity contribution in [3.05, 3.63) is 47.5 Å². The number of hydrogen-bond acceptors (Lipinski definition) is 6. The predicted molar refractivity (Wildman–Crippen MR) is 60.1 cm³/mol. The first-order valence-corrected chi connectivity index (χ1v) is 5.22. The Morgan fingerprint density at radius 3 is 3.05 bits per heavy atom. The van der Waals surface area contributed by atoms with Gasteiger partial charge in [-0.25, -0.2) is 9.37 Å². The number of aromatic nitrogens is 5. The van der Waals surface area contributed by atoms with Crippen LogP contribution in [0.1, 0.15) is 15.9 Å². The monoisotopic (exact) mass is 259 g/mol. The lowest BCUT2D eigenvalue weighted by Gasteiger charge is -2.03. The van der Waals surface area contributed by atoms with Crippen molar-refractivity contribution in [2.75, 3.05) is 0 Å². The van der Waals surface area contributed by atoms with Gasteiger partial charge < -0.3 is 5.11 Å². The molecule has 0 spiro atoms. The molecule has 0 radical (unpaired) electrons. The Kier molecular flexibility index (Phi) is 2.41. The van der Waals surface area contributed by atoms with Crippen molar-refractivity contribution >= 4 is 11.6 Å². The average Bonchev–Trinajstić information content (AvgIpc) is 2.88. The van der Waals surface area contributed by atoms with Crippen molar-refractivity contribution in [2.45, 2.75) is 0 Å². The zero-order chi connectivity index (χ0) is 13.4. The van der Waals surface area contributed by atoms with Crippen LogP contribution in [0.4, 0.5) is 4.39 Å². The van der Waals surface area contributed by atoms with Gasteiger partial charge in [0.25, 0.3) is 5.78 Å². The van der Waals surface area contributed by atoms with Gasteiger partial charge in [-0.15, -0.1) is 0 Å². The van der Waals surface area contributed by atoms with Gasteiger partial charge in [0.1, 0.15) is 11.6 Å². The molecule has 7 nitrogen and oxygen atoms in total. The van der Waals surface area contributed by atoms with Crippen molar-refractivity contribution < 1.29 is 14.3 Å². The largest absolute Gasteiger partial charge is 0.507 e. The van der Waals surface area contributed by atoms with E-state index in [1.165, 1.54) is 16.9 Å². The third-order valence-corrected chi connectivity index (χ3v) is 2.52. The summed E-state index contributed by atoms with van der Waals surface area (Å²) >= 11 is 0. The van der Waals surface area contributed by atoms with Gasteiger partial charge in [-0.1, -0.05) is 5.10 Å². The normalized spacial score (nSPS) is 10.8. The van der Waals surface area contributed by atoms with Crippen molar-refractivity contribution in [2.24, 2.45) is 0 Å². The number of nitrogens with zero attached hydrogens (tertiary/aromatic N) is 5. The summed E-state index contributed by atoms with van der Waals surface area (Å²) in [7, 11) is 0. The second kappa shape index (κ2) is 4.09. The van der Waals surface area contributed by atoms with Gasteiger partial charge in [-0.05, 0) is 28.6 Å². The van der Waals surface area contributed by atoms with Gasteiger partial charge in [-0.2, -0.15) is 4.52 Å². The number of carbonyl (C=O) groups excluding carboxylic acids is 1. The highest BCUT2D eigenvalue weighted by atomic mass is 19.1. The Bertz CT molecular complexity index is 786. The number of hydrogen-bond donors (Lipinski definition) is 1. The fourth-order valence-corrected chi connectivity index (χ4v) is 1.61. The number of phenols is 1. The minimum Gasteiger partial charge on any atom is -0.507 e. The van der Waals surface area contributed by atoms with E-state index in [-0.39, 0.29) is 22.7 Å². The molecular formula is C11H6FN5O2. The number of fused-ring (bicyclic) bond motifs is 1. The molecular weight excluding hydrogens is 253 g/mol. The molecule has 0 saturated carbocycles.